The third-order valence-electron chi connectivity index (χ3n) is 2.72. The summed E-state index contributed by atoms with van der Waals surface area (Å²) in [6.45, 7) is 0.518. The quantitative estimate of drug-likeness (QED) is 0.891. The molecule has 0 spiro atoms. The Morgan fingerprint density at radius 2 is 1.85 bits per heavy atom. The molecule has 0 aliphatic heterocycles. The van der Waals surface area contributed by atoms with Gasteiger partial charge >= 0.3 is 0 Å². The highest BCUT2D eigenvalue weighted by Gasteiger charge is 2.14. The summed E-state index contributed by atoms with van der Waals surface area (Å²) in [6, 6.07) is 13.3. The summed E-state index contributed by atoms with van der Waals surface area (Å²) in [5, 5.41) is 0.379. The Bertz CT molecular complexity index is 702. The normalized spacial score (nSPS) is 11.3. The van der Waals surface area contributed by atoms with Crippen LogP contribution < -0.4 is 10.5 Å². The lowest BCUT2D eigenvalue weighted by atomic mass is 10.1. The summed E-state index contributed by atoms with van der Waals surface area (Å²) in [4.78, 5) is 0.134. The van der Waals surface area contributed by atoms with Crippen LogP contribution in [0.5, 0.6) is 0 Å². The molecule has 0 aliphatic rings. The van der Waals surface area contributed by atoms with Crippen molar-refractivity contribution in [2.75, 3.05) is 11.3 Å². The Balaban J connectivity index is 2.26. The van der Waals surface area contributed by atoms with Gasteiger partial charge in [-0.1, -0.05) is 29.8 Å². The van der Waals surface area contributed by atoms with Gasteiger partial charge in [-0.25, -0.2) is 8.42 Å². The molecule has 0 saturated carbocycles. The Labute approximate surface area is 123 Å². The van der Waals surface area contributed by atoms with Gasteiger partial charge in [0.05, 0.1) is 4.90 Å². The highest BCUT2D eigenvalue weighted by molar-refractivity contribution is 7.92. The molecule has 4 nitrogen and oxygen atoms in total. The molecule has 0 fully saturated rings. The van der Waals surface area contributed by atoms with Crippen molar-refractivity contribution in [3.8, 4) is 0 Å². The van der Waals surface area contributed by atoms with Gasteiger partial charge in [0.25, 0.3) is 10.0 Å². The molecule has 0 unspecified atom stereocenters. The van der Waals surface area contributed by atoms with E-state index in [1.165, 1.54) is 12.1 Å². The van der Waals surface area contributed by atoms with Crippen molar-refractivity contribution in [3.05, 3.63) is 59.1 Å². The van der Waals surface area contributed by atoms with E-state index >= 15 is 0 Å². The molecule has 20 heavy (non-hydrogen) atoms. The minimum absolute atomic E-state index is 0.134. The molecule has 0 radical (unpaired) electrons. The summed E-state index contributed by atoms with van der Waals surface area (Å²) in [5.74, 6) is 0. The van der Waals surface area contributed by atoms with E-state index in [1.54, 1.807) is 30.3 Å². The molecular weight excluding hydrogens is 296 g/mol. The molecule has 2 aromatic rings. The average Bonchev–Trinajstić information content (AvgIpc) is 2.39. The Hall–Kier alpha value is -1.56. The Kier molecular flexibility index (Phi) is 4.65. The van der Waals surface area contributed by atoms with Crippen LogP contribution in [0, 0.1) is 0 Å². The highest BCUT2D eigenvalue weighted by atomic mass is 35.5. The summed E-state index contributed by atoms with van der Waals surface area (Å²) in [6.07, 6.45) is 0.701. The number of hydrogen-bond donors (Lipinski definition) is 2. The first-order chi connectivity index (χ1) is 9.51. The van der Waals surface area contributed by atoms with E-state index in [2.05, 4.69) is 4.72 Å². The number of nitrogens with two attached hydrogens (primary N) is 1. The van der Waals surface area contributed by atoms with Crippen LogP contribution in [0.1, 0.15) is 5.56 Å². The van der Waals surface area contributed by atoms with Crippen molar-refractivity contribution in [3.63, 3.8) is 0 Å². The van der Waals surface area contributed by atoms with Gasteiger partial charge in [0.15, 0.2) is 0 Å². The van der Waals surface area contributed by atoms with E-state index in [-0.39, 0.29) is 4.90 Å². The third-order valence-corrected chi connectivity index (χ3v) is 4.33. The number of nitrogens with one attached hydrogen (secondary N) is 1. The van der Waals surface area contributed by atoms with Crippen molar-refractivity contribution in [1.82, 2.24) is 0 Å². The number of anilines is 1. The Morgan fingerprint density at radius 3 is 2.55 bits per heavy atom. The topological polar surface area (TPSA) is 72.2 Å². The van der Waals surface area contributed by atoms with Crippen molar-refractivity contribution >= 4 is 27.3 Å². The van der Waals surface area contributed by atoms with E-state index in [1.807, 2.05) is 6.07 Å². The molecule has 0 amide bonds. The predicted octanol–water partition coefficient (Wildman–Crippen LogP) is 2.64. The molecule has 0 saturated heterocycles. The first-order valence-electron chi connectivity index (χ1n) is 6.09. The SMILES string of the molecule is NCCc1cccc(NS(=O)(=O)c2cccc(Cl)c2)c1. The average molecular weight is 311 g/mol. The second-order valence-corrected chi connectivity index (χ2v) is 6.42. The number of rotatable bonds is 5. The van der Waals surface area contributed by atoms with Crippen molar-refractivity contribution in [2.24, 2.45) is 5.73 Å². The number of halogens is 1. The molecule has 0 aliphatic carbocycles. The third kappa shape index (κ3) is 3.72. The summed E-state index contributed by atoms with van der Waals surface area (Å²) in [7, 11) is -3.63. The van der Waals surface area contributed by atoms with Crippen molar-refractivity contribution < 1.29 is 8.42 Å². The highest BCUT2D eigenvalue weighted by Crippen LogP contribution is 2.20. The molecule has 106 valence electrons. The van der Waals surface area contributed by atoms with Gasteiger partial charge in [-0.05, 0) is 48.9 Å². The van der Waals surface area contributed by atoms with Crippen LogP contribution in [0.3, 0.4) is 0 Å². The Morgan fingerprint density at radius 1 is 1.10 bits per heavy atom. The number of sulfonamides is 1. The van der Waals surface area contributed by atoms with Gasteiger partial charge in [0.2, 0.25) is 0 Å². The van der Waals surface area contributed by atoms with E-state index < -0.39 is 10.0 Å². The standard InChI is InChI=1S/C14H15ClN2O2S/c15-12-4-2-6-14(10-12)20(18,19)17-13-5-1-3-11(9-13)7-8-16/h1-6,9-10,17H,7-8,16H2. The molecule has 2 aromatic carbocycles. The maximum atomic E-state index is 12.2. The lowest BCUT2D eigenvalue weighted by Gasteiger charge is -2.09. The van der Waals surface area contributed by atoms with Crippen LogP contribution in [0.2, 0.25) is 5.02 Å². The monoisotopic (exact) mass is 310 g/mol. The van der Waals surface area contributed by atoms with E-state index in [0.29, 0.717) is 23.7 Å². The molecule has 0 atom stereocenters. The zero-order valence-electron chi connectivity index (χ0n) is 10.7. The molecular formula is C14H15ClN2O2S. The van der Waals surface area contributed by atoms with E-state index in [0.717, 1.165) is 5.56 Å². The number of hydrogen-bond acceptors (Lipinski definition) is 3. The van der Waals surface area contributed by atoms with E-state index in [4.69, 9.17) is 17.3 Å². The summed E-state index contributed by atoms with van der Waals surface area (Å²) >= 11 is 5.81. The van der Waals surface area contributed by atoms with Crippen LogP contribution in [-0.2, 0) is 16.4 Å². The smallest absolute Gasteiger partial charge is 0.261 e. The minimum Gasteiger partial charge on any atom is -0.330 e. The van der Waals surface area contributed by atoms with Crippen LogP contribution in [0.25, 0.3) is 0 Å². The molecule has 0 aromatic heterocycles. The first kappa shape index (κ1) is 14.8. The number of benzene rings is 2. The maximum Gasteiger partial charge on any atom is 0.261 e. The van der Waals surface area contributed by atoms with Crippen LogP contribution in [0.4, 0.5) is 5.69 Å². The second kappa shape index (κ2) is 6.26. The fraction of sp³-hybridized carbons (Fsp3) is 0.143. The molecule has 6 heteroatoms. The lowest BCUT2D eigenvalue weighted by molar-refractivity contribution is 0.601. The predicted molar refractivity (Wildman–Crippen MR) is 81.5 cm³/mol. The fourth-order valence-electron chi connectivity index (χ4n) is 1.81. The minimum atomic E-state index is -3.63. The zero-order chi connectivity index (χ0) is 14.6. The lowest BCUT2D eigenvalue weighted by Crippen LogP contribution is -2.13. The summed E-state index contributed by atoms with van der Waals surface area (Å²) in [5.41, 5.74) is 6.99. The first-order valence-corrected chi connectivity index (χ1v) is 7.95. The maximum absolute atomic E-state index is 12.2. The second-order valence-electron chi connectivity index (χ2n) is 4.30. The van der Waals surface area contributed by atoms with Crippen LogP contribution >= 0.6 is 11.6 Å². The van der Waals surface area contributed by atoms with Gasteiger partial charge in [0.1, 0.15) is 0 Å². The van der Waals surface area contributed by atoms with Crippen LogP contribution in [-0.4, -0.2) is 15.0 Å². The van der Waals surface area contributed by atoms with Crippen LogP contribution in [0.15, 0.2) is 53.4 Å². The zero-order valence-corrected chi connectivity index (χ0v) is 12.3. The molecule has 0 bridgehead atoms. The van der Waals surface area contributed by atoms with Crippen molar-refractivity contribution in [1.29, 1.82) is 0 Å². The van der Waals surface area contributed by atoms with Gasteiger partial charge in [-0.2, -0.15) is 0 Å². The summed E-state index contributed by atoms with van der Waals surface area (Å²) < 4.78 is 27.0. The van der Waals surface area contributed by atoms with Crippen molar-refractivity contribution in [2.45, 2.75) is 11.3 Å². The van der Waals surface area contributed by atoms with Gasteiger partial charge < -0.3 is 5.73 Å². The van der Waals surface area contributed by atoms with Gasteiger partial charge in [-0.3, -0.25) is 4.72 Å². The largest absolute Gasteiger partial charge is 0.330 e. The fourth-order valence-corrected chi connectivity index (χ4v) is 3.16. The van der Waals surface area contributed by atoms with Gasteiger partial charge in [-0.15, -0.1) is 0 Å². The van der Waals surface area contributed by atoms with E-state index in [9.17, 15) is 8.42 Å². The molecule has 3 N–H and O–H groups in total. The molecule has 2 rings (SSSR count). The van der Waals surface area contributed by atoms with Gasteiger partial charge in [0, 0.05) is 10.7 Å². The molecule has 0 heterocycles.